The van der Waals surface area contributed by atoms with Gasteiger partial charge in [-0.1, -0.05) is 54.1 Å². The standard InChI is InChI=1S/C17H11ClO3/c18-13-8-6-12(7-9-13)15-16(19)14(21-17(15)20)10-11-4-2-1-3-5-11/h1-10,19H/b14-10-. The second kappa shape index (κ2) is 5.46. The van der Waals surface area contributed by atoms with Crippen molar-refractivity contribution in [2.45, 2.75) is 0 Å². The number of aliphatic hydroxyl groups excluding tert-OH is 1. The molecule has 4 heteroatoms. The third-order valence-electron chi connectivity index (χ3n) is 3.11. The van der Waals surface area contributed by atoms with Crippen LogP contribution in [0.1, 0.15) is 11.1 Å². The topological polar surface area (TPSA) is 46.5 Å². The lowest BCUT2D eigenvalue weighted by molar-refractivity contribution is -0.131. The summed E-state index contributed by atoms with van der Waals surface area (Å²) < 4.78 is 5.14. The molecule has 0 atom stereocenters. The first kappa shape index (κ1) is 13.5. The monoisotopic (exact) mass is 298 g/mol. The van der Waals surface area contributed by atoms with Gasteiger partial charge in [0, 0.05) is 5.02 Å². The molecule has 0 aliphatic carbocycles. The second-order valence-electron chi connectivity index (χ2n) is 4.54. The van der Waals surface area contributed by atoms with Crippen molar-refractivity contribution in [1.82, 2.24) is 0 Å². The molecule has 0 aromatic heterocycles. The first-order valence-corrected chi connectivity index (χ1v) is 6.71. The molecule has 0 radical (unpaired) electrons. The number of ether oxygens (including phenoxy) is 1. The minimum absolute atomic E-state index is 0.147. The van der Waals surface area contributed by atoms with E-state index in [4.69, 9.17) is 16.3 Å². The van der Waals surface area contributed by atoms with E-state index in [-0.39, 0.29) is 17.1 Å². The van der Waals surface area contributed by atoms with Crippen molar-refractivity contribution in [2.75, 3.05) is 0 Å². The molecule has 21 heavy (non-hydrogen) atoms. The molecule has 2 aromatic rings. The van der Waals surface area contributed by atoms with Crippen molar-refractivity contribution < 1.29 is 14.6 Å². The normalized spacial score (nSPS) is 16.4. The molecule has 1 heterocycles. The maximum absolute atomic E-state index is 12.0. The predicted molar refractivity (Wildman–Crippen MR) is 81.5 cm³/mol. The summed E-state index contributed by atoms with van der Waals surface area (Å²) in [5, 5.41) is 10.8. The van der Waals surface area contributed by atoms with Crippen LogP contribution in [-0.2, 0) is 9.53 Å². The molecular formula is C17H11ClO3. The summed E-state index contributed by atoms with van der Waals surface area (Å²) >= 11 is 5.82. The van der Waals surface area contributed by atoms with Crippen LogP contribution in [0.25, 0.3) is 11.6 Å². The highest BCUT2D eigenvalue weighted by molar-refractivity contribution is 6.30. The molecule has 1 N–H and O–H groups in total. The Bertz CT molecular complexity index is 743. The Kier molecular flexibility index (Phi) is 3.50. The third kappa shape index (κ3) is 2.69. The lowest BCUT2D eigenvalue weighted by Gasteiger charge is -1.99. The molecule has 3 rings (SSSR count). The molecule has 1 aliphatic heterocycles. The van der Waals surface area contributed by atoms with Crippen LogP contribution in [0, 0.1) is 0 Å². The van der Waals surface area contributed by atoms with Gasteiger partial charge < -0.3 is 9.84 Å². The molecule has 0 fully saturated rings. The van der Waals surface area contributed by atoms with Crippen LogP contribution >= 0.6 is 11.6 Å². The minimum Gasteiger partial charge on any atom is -0.504 e. The van der Waals surface area contributed by atoms with Crippen LogP contribution in [0.2, 0.25) is 5.02 Å². The number of carbonyl (C=O) groups is 1. The molecule has 2 aromatic carbocycles. The number of cyclic esters (lactones) is 1. The van der Waals surface area contributed by atoms with Crippen LogP contribution in [0.3, 0.4) is 0 Å². The smallest absolute Gasteiger partial charge is 0.348 e. The maximum atomic E-state index is 12.0. The Morgan fingerprint density at radius 2 is 1.67 bits per heavy atom. The highest BCUT2D eigenvalue weighted by Crippen LogP contribution is 2.33. The van der Waals surface area contributed by atoms with Gasteiger partial charge in [0.05, 0.1) is 0 Å². The van der Waals surface area contributed by atoms with Crippen LogP contribution in [0.5, 0.6) is 0 Å². The van der Waals surface area contributed by atoms with Crippen molar-refractivity contribution in [3.05, 3.63) is 82.3 Å². The summed E-state index contributed by atoms with van der Waals surface area (Å²) in [4.78, 5) is 12.0. The molecular weight excluding hydrogens is 288 g/mol. The first-order chi connectivity index (χ1) is 10.1. The molecule has 0 spiro atoms. The second-order valence-corrected chi connectivity index (χ2v) is 4.98. The van der Waals surface area contributed by atoms with E-state index in [9.17, 15) is 9.90 Å². The number of hydrogen-bond acceptors (Lipinski definition) is 3. The fraction of sp³-hybridized carbons (Fsp3) is 0. The zero-order chi connectivity index (χ0) is 14.8. The maximum Gasteiger partial charge on any atom is 0.348 e. The van der Waals surface area contributed by atoms with Crippen LogP contribution < -0.4 is 0 Å². The predicted octanol–water partition coefficient (Wildman–Crippen LogP) is 4.21. The van der Waals surface area contributed by atoms with E-state index in [2.05, 4.69) is 0 Å². The van der Waals surface area contributed by atoms with Gasteiger partial charge in [-0.25, -0.2) is 4.79 Å². The Labute approximate surface area is 126 Å². The summed E-state index contributed by atoms with van der Waals surface area (Å²) in [6.45, 7) is 0. The lowest BCUT2D eigenvalue weighted by atomic mass is 10.1. The molecule has 1 aliphatic rings. The van der Waals surface area contributed by atoms with Crippen molar-refractivity contribution in [1.29, 1.82) is 0 Å². The number of rotatable bonds is 2. The van der Waals surface area contributed by atoms with Gasteiger partial charge in [0.2, 0.25) is 0 Å². The van der Waals surface area contributed by atoms with Crippen LogP contribution in [-0.4, -0.2) is 11.1 Å². The van der Waals surface area contributed by atoms with Crippen molar-refractivity contribution >= 4 is 29.2 Å². The van der Waals surface area contributed by atoms with Crippen LogP contribution in [0.4, 0.5) is 0 Å². The van der Waals surface area contributed by atoms with Gasteiger partial charge in [-0.3, -0.25) is 0 Å². The van der Waals surface area contributed by atoms with Crippen molar-refractivity contribution in [3.63, 3.8) is 0 Å². The number of carbonyl (C=O) groups excluding carboxylic acids is 1. The number of benzene rings is 2. The highest BCUT2D eigenvalue weighted by Gasteiger charge is 2.30. The van der Waals surface area contributed by atoms with Gasteiger partial charge in [0.1, 0.15) is 5.57 Å². The number of halogens is 1. The van der Waals surface area contributed by atoms with Crippen LogP contribution in [0.15, 0.2) is 66.1 Å². The Morgan fingerprint density at radius 3 is 2.33 bits per heavy atom. The molecule has 0 bridgehead atoms. The molecule has 0 amide bonds. The number of esters is 1. The van der Waals surface area contributed by atoms with Gasteiger partial charge in [0.15, 0.2) is 11.5 Å². The quantitative estimate of drug-likeness (QED) is 0.845. The Hall–Kier alpha value is -2.52. The SMILES string of the molecule is O=C1O/C(=C\c2ccccc2)C(O)=C1c1ccc(Cl)cc1. The van der Waals surface area contributed by atoms with E-state index in [1.807, 2.05) is 30.3 Å². The van der Waals surface area contributed by atoms with Gasteiger partial charge in [-0.2, -0.15) is 0 Å². The fourth-order valence-electron chi connectivity index (χ4n) is 2.09. The zero-order valence-electron chi connectivity index (χ0n) is 10.9. The summed E-state index contributed by atoms with van der Waals surface area (Å²) in [5.74, 6) is -0.584. The molecule has 0 saturated carbocycles. The molecule has 0 unspecified atom stereocenters. The molecule has 104 valence electrons. The summed E-state index contributed by atoms with van der Waals surface area (Å²) in [6, 6.07) is 16.0. The summed E-state index contributed by atoms with van der Waals surface area (Å²) in [7, 11) is 0. The third-order valence-corrected chi connectivity index (χ3v) is 3.36. The average Bonchev–Trinajstić information content (AvgIpc) is 2.76. The van der Waals surface area contributed by atoms with E-state index >= 15 is 0 Å². The van der Waals surface area contributed by atoms with Gasteiger partial charge in [-0.15, -0.1) is 0 Å². The minimum atomic E-state index is -0.572. The van der Waals surface area contributed by atoms with E-state index in [1.165, 1.54) is 0 Å². The molecule has 3 nitrogen and oxygen atoms in total. The zero-order valence-corrected chi connectivity index (χ0v) is 11.7. The first-order valence-electron chi connectivity index (χ1n) is 6.33. The van der Waals surface area contributed by atoms with E-state index in [0.717, 1.165) is 5.56 Å². The molecule has 0 saturated heterocycles. The largest absolute Gasteiger partial charge is 0.504 e. The highest BCUT2D eigenvalue weighted by atomic mass is 35.5. The average molecular weight is 299 g/mol. The van der Waals surface area contributed by atoms with Crippen molar-refractivity contribution in [3.8, 4) is 0 Å². The fourth-order valence-corrected chi connectivity index (χ4v) is 2.21. The van der Waals surface area contributed by atoms with Crippen molar-refractivity contribution in [2.24, 2.45) is 0 Å². The lowest BCUT2D eigenvalue weighted by Crippen LogP contribution is -1.98. The van der Waals surface area contributed by atoms with Gasteiger partial charge in [-0.05, 0) is 29.3 Å². The van der Waals surface area contributed by atoms with E-state index in [1.54, 1.807) is 30.3 Å². The summed E-state index contributed by atoms with van der Waals surface area (Å²) in [6.07, 6.45) is 1.62. The van der Waals surface area contributed by atoms with Gasteiger partial charge in [0.25, 0.3) is 0 Å². The Morgan fingerprint density at radius 1 is 1.00 bits per heavy atom. The summed E-state index contributed by atoms with van der Waals surface area (Å²) in [5.41, 5.74) is 1.55. The van der Waals surface area contributed by atoms with Gasteiger partial charge >= 0.3 is 5.97 Å². The van der Waals surface area contributed by atoms with E-state index in [0.29, 0.717) is 10.6 Å². The number of hydrogen-bond donors (Lipinski definition) is 1. The van der Waals surface area contributed by atoms with E-state index < -0.39 is 5.97 Å². The number of aliphatic hydroxyl groups is 1. The Balaban J connectivity index is 2.02.